The molecule has 2 N–H and O–H groups in total. The molecule has 0 aliphatic rings. The molecule has 0 saturated carbocycles. The zero-order chi connectivity index (χ0) is 19.7. The van der Waals surface area contributed by atoms with Crippen LogP contribution in [0.3, 0.4) is 0 Å². The predicted octanol–water partition coefficient (Wildman–Crippen LogP) is 1.36. The molecule has 1 atom stereocenters. The smallest absolute Gasteiger partial charge is 0.325 e. The van der Waals surface area contributed by atoms with Gasteiger partial charge in [-0.3, -0.25) is 9.59 Å². The quantitative estimate of drug-likeness (QED) is 0.502. The van der Waals surface area contributed by atoms with Crippen molar-refractivity contribution in [3.05, 3.63) is 23.9 Å². The second-order valence-corrected chi connectivity index (χ2v) is 6.90. The predicted molar refractivity (Wildman–Crippen MR) is 97.4 cm³/mol. The fourth-order valence-corrected chi connectivity index (χ4v) is 2.14. The zero-order valence-electron chi connectivity index (χ0n) is 16.1. The lowest BCUT2D eigenvalue weighted by Gasteiger charge is -2.33. The van der Waals surface area contributed by atoms with Gasteiger partial charge in [-0.25, -0.2) is 4.98 Å². The Morgan fingerprint density at radius 2 is 2.08 bits per heavy atom. The Morgan fingerprint density at radius 3 is 2.65 bits per heavy atom. The van der Waals surface area contributed by atoms with Crippen LogP contribution in [-0.4, -0.2) is 54.2 Å². The van der Waals surface area contributed by atoms with E-state index in [1.807, 2.05) is 39.8 Å². The Hall–Kier alpha value is -2.19. The maximum absolute atomic E-state index is 11.8. The third kappa shape index (κ3) is 8.26. The lowest BCUT2D eigenvalue weighted by atomic mass is 10.2. The number of esters is 1. The fraction of sp³-hybridized carbons (Fsp3) is 0.611. The number of carbonyl (C=O) groups excluding carboxylic acids is 2. The SMILES string of the molecule is COC(=O)CNC(=O)CCCN(c1cc(C)ccn1)C(O)OC(C)(C)C. The number of methoxy groups -OCH3 is 1. The van der Waals surface area contributed by atoms with E-state index in [-0.39, 0.29) is 18.9 Å². The van der Waals surface area contributed by atoms with Gasteiger partial charge in [-0.2, -0.15) is 0 Å². The number of ether oxygens (including phenoxy) is 2. The zero-order valence-corrected chi connectivity index (χ0v) is 16.1. The lowest BCUT2D eigenvalue weighted by molar-refractivity contribution is -0.165. The van der Waals surface area contributed by atoms with Crippen molar-refractivity contribution >= 4 is 17.7 Å². The van der Waals surface area contributed by atoms with Crippen molar-refractivity contribution in [1.29, 1.82) is 0 Å². The molecule has 0 bridgehead atoms. The summed E-state index contributed by atoms with van der Waals surface area (Å²) in [4.78, 5) is 28.7. The van der Waals surface area contributed by atoms with Gasteiger partial charge in [-0.15, -0.1) is 0 Å². The first kappa shape index (κ1) is 21.9. The number of amides is 1. The maximum Gasteiger partial charge on any atom is 0.325 e. The van der Waals surface area contributed by atoms with Crippen molar-refractivity contribution in [3.63, 3.8) is 0 Å². The molecule has 1 rings (SSSR count). The van der Waals surface area contributed by atoms with Crippen LogP contribution >= 0.6 is 0 Å². The minimum absolute atomic E-state index is 0.158. The highest BCUT2D eigenvalue weighted by Gasteiger charge is 2.24. The van der Waals surface area contributed by atoms with E-state index < -0.39 is 18.0 Å². The van der Waals surface area contributed by atoms with Crippen LogP contribution in [0.5, 0.6) is 0 Å². The van der Waals surface area contributed by atoms with Gasteiger partial charge in [-0.1, -0.05) is 0 Å². The van der Waals surface area contributed by atoms with E-state index in [1.165, 1.54) is 7.11 Å². The summed E-state index contributed by atoms with van der Waals surface area (Å²) in [6, 6.07) is 3.70. The van der Waals surface area contributed by atoms with Gasteiger partial charge in [0.2, 0.25) is 12.3 Å². The molecule has 1 aromatic heterocycles. The van der Waals surface area contributed by atoms with Crippen LogP contribution < -0.4 is 10.2 Å². The average Bonchev–Trinajstić information content (AvgIpc) is 2.54. The van der Waals surface area contributed by atoms with Crippen LogP contribution in [0.25, 0.3) is 0 Å². The first-order valence-electron chi connectivity index (χ1n) is 8.51. The highest BCUT2D eigenvalue weighted by atomic mass is 16.6. The minimum atomic E-state index is -1.19. The van der Waals surface area contributed by atoms with Gasteiger partial charge in [0, 0.05) is 19.2 Å². The molecule has 146 valence electrons. The first-order chi connectivity index (χ1) is 12.1. The van der Waals surface area contributed by atoms with E-state index in [9.17, 15) is 14.7 Å². The number of nitrogens with zero attached hydrogens (tertiary/aromatic N) is 2. The van der Waals surface area contributed by atoms with Crippen molar-refractivity contribution in [2.75, 3.05) is 25.1 Å². The van der Waals surface area contributed by atoms with Crippen LogP contribution in [0, 0.1) is 6.92 Å². The number of hydrogen-bond acceptors (Lipinski definition) is 7. The van der Waals surface area contributed by atoms with Crippen LogP contribution in [0.2, 0.25) is 0 Å². The van der Waals surface area contributed by atoms with Crippen LogP contribution in [0.15, 0.2) is 18.3 Å². The van der Waals surface area contributed by atoms with Crippen LogP contribution in [-0.2, 0) is 19.1 Å². The number of rotatable bonds is 9. The van der Waals surface area contributed by atoms with E-state index in [0.29, 0.717) is 18.8 Å². The highest BCUT2D eigenvalue weighted by molar-refractivity contribution is 5.81. The maximum atomic E-state index is 11.8. The number of hydrogen-bond donors (Lipinski definition) is 2. The Bertz CT molecular complexity index is 601. The molecule has 0 aromatic carbocycles. The van der Waals surface area contributed by atoms with Crippen molar-refractivity contribution < 1.29 is 24.2 Å². The van der Waals surface area contributed by atoms with Gasteiger partial charge in [-0.05, 0) is 51.8 Å². The molecule has 1 unspecified atom stereocenters. The largest absolute Gasteiger partial charge is 0.468 e. The molecule has 8 heteroatoms. The van der Waals surface area contributed by atoms with Crippen molar-refractivity contribution in [2.24, 2.45) is 0 Å². The summed E-state index contributed by atoms with van der Waals surface area (Å²) < 4.78 is 10.1. The van der Waals surface area contributed by atoms with Gasteiger partial charge >= 0.3 is 5.97 Å². The van der Waals surface area contributed by atoms with Crippen molar-refractivity contribution in [3.8, 4) is 0 Å². The Kier molecular flexibility index (Phi) is 8.47. The number of aromatic nitrogens is 1. The Labute approximate surface area is 154 Å². The van der Waals surface area contributed by atoms with Gasteiger partial charge in [0.15, 0.2) is 0 Å². The summed E-state index contributed by atoms with van der Waals surface area (Å²) in [5.74, 6) is -0.201. The first-order valence-corrected chi connectivity index (χ1v) is 8.51. The molecule has 26 heavy (non-hydrogen) atoms. The monoisotopic (exact) mass is 367 g/mol. The van der Waals surface area contributed by atoms with Gasteiger partial charge in [0.1, 0.15) is 12.4 Å². The molecule has 1 heterocycles. The fourth-order valence-electron chi connectivity index (χ4n) is 2.14. The highest BCUT2D eigenvalue weighted by Crippen LogP contribution is 2.19. The number of carbonyl (C=O) groups is 2. The second-order valence-electron chi connectivity index (χ2n) is 6.90. The molecule has 1 amide bonds. The standard InChI is InChI=1S/C18H29N3O5/c1-13-8-9-19-14(11-13)21(17(24)26-18(2,3)4)10-6-7-15(22)20-12-16(23)25-5/h8-9,11,17,24H,6-7,10,12H2,1-5H3,(H,20,22). The second kappa shape index (κ2) is 10.1. The summed E-state index contributed by atoms with van der Waals surface area (Å²) in [5.41, 5.74) is 0.457. The third-order valence-corrected chi connectivity index (χ3v) is 3.38. The summed E-state index contributed by atoms with van der Waals surface area (Å²) in [5, 5.41) is 12.9. The van der Waals surface area contributed by atoms with Gasteiger partial charge in [0.25, 0.3) is 0 Å². The summed E-state index contributed by atoms with van der Waals surface area (Å²) in [6.07, 6.45) is 1.11. The molecule has 8 nitrogen and oxygen atoms in total. The van der Waals surface area contributed by atoms with Crippen molar-refractivity contribution in [1.82, 2.24) is 10.3 Å². The van der Waals surface area contributed by atoms with E-state index >= 15 is 0 Å². The summed E-state index contributed by atoms with van der Waals surface area (Å²) in [6.45, 7) is 7.67. The van der Waals surface area contributed by atoms with Crippen molar-refractivity contribution in [2.45, 2.75) is 52.6 Å². The van der Waals surface area contributed by atoms with Crippen LogP contribution in [0.1, 0.15) is 39.2 Å². The number of pyridine rings is 1. The number of aryl methyl sites for hydroxylation is 1. The summed E-state index contributed by atoms with van der Waals surface area (Å²) in [7, 11) is 1.26. The number of aliphatic hydroxyl groups is 1. The summed E-state index contributed by atoms with van der Waals surface area (Å²) >= 11 is 0. The van der Waals surface area contributed by atoms with E-state index in [0.717, 1.165) is 5.56 Å². The molecule has 0 saturated heterocycles. The average molecular weight is 367 g/mol. The molecule has 0 fully saturated rings. The molecule has 0 aliphatic carbocycles. The number of nitrogens with one attached hydrogen (secondary N) is 1. The lowest BCUT2D eigenvalue weighted by Crippen LogP contribution is -2.43. The Balaban J connectivity index is 2.68. The molecule has 1 aromatic rings. The molecule has 0 aliphatic heterocycles. The van der Waals surface area contributed by atoms with E-state index in [4.69, 9.17) is 4.74 Å². The number of aliphatic hydroxyl groups excluding tert-OH is 1. The van der Waals surface area contributed by atoms with Gasteiger partial charge < -0.3 is 24.8 Å². The normalized spacial score (nSPS) is 12.4. The third-order valence-electron chi connectivity index (χ3n) is 3.38. The molecular weight excluding hydrogens is 338 g/mol. The Morgan fingerprint density at radius 1 is 1.38 bits per heavy atom. The van der Waals surface area contributed by atoms with Gasteiger partial charge in [0.05, 0.1) is 12.7 Å². The van der Waals surface area contributed by atoms with Crippen LogP contribution in [0.4, 0.5) is 5.82 Å². The molecule has 0 radical (unpaired) electrons. The number of anilines is 1. The molecular formula is C18H29N3O5. The van der Waals surface area contributed by atoms with E-state index in [2.05, 4.69) is 15.0 Å². The van der Waals surface area contributed by atoms with E-state index in [1.54, 1.807) is 11.1 Å². The topological polar surface area (TPSA) is 101 Å². The molecule has 0 spiro atoms. The minimum Gasteiger partial charge on any atom is -0.468 e.